The predicted octanol–water partition coefficient (Wildman–Crippen LogP) is 1.67. The van der Waals surface area contributed by atoms with Gasteiger partial charge < -0.3 is 20.5 Å². The molecule has 1 rings (SSSR count). The number of anilines is 2. The predicted molar refractivity (Wildman–Crippen MR) is 74.1 cm³/mol. The summed E-state index contributed by atoms with van der Waals surface area (Å²) in [5.74, 6) is 0.862. The van der Waals surface area contributed by atoms with Crippen molar-refractivity contribution in [2.24, 2.45) is 5.92 Å². The second-order valence-electron chi connectivity index (χ2n) is 4.64. The Bertz CT molecular complexity index is 435. The van der Waals surface area contributed by atoms with E-state index in [0.29, 0.717) is 29.7 Å². The molecule has 1 unspecified atom stereocenters. The standard InChI is InChI=1S/C13H21N3O3/c1-8(2)7-10(13(17)19-4)15-12-9(14)5-6-11(16-12)18-3/h5-6,8,10H,7,14H2,1-4H3,(H,15,16). The molecule has 106 valence electrons. The zero-order chi connectivity index (χ0) is 14.4. The molecule has 1 aromatic rings. The van der Waals surface area contributed by atoms with Crippen molar-refractivity contribution < 1.29 is 14.3 Å². The lowest BCUT2D eigenvalue weighted by Crippen LogP contribution is -2.32. The highest BCUT2D eigenvalue weighted by Gasteiger charge is 2.21. The molecule has 0 aliphatic carbocycles. The third-order valence-electron chi connectivity index (χ3n) is 2.61. The van der Waals surface area contributed by atoms with E-state index in [0.717, 1.165) is 0 Å². The summed E-state index contributed by atoms with van der Waals surface area (Å²) in [5.41, 5.74) is 6.29. The van der Waals surface area contributed by atoms with Crippen LogP contribution in [0.25, 0.3) is 0 Å². The van der Waals surface area contributed by atoms with E-state index < -0.39 is 6.04 Å². The number of nitrogens with one attached hydrogen (secondary N) is 1. The summed E-state index contributed by atoms with van der Waals surface area (Å²) in [6.45, 7) is 4.06. The number of carbonyl (C=O) groups is 1. The third-order valence-corrected chi connectivity index (χ3v) is 2.61. The van der Waals surface area contributed by atoms with Crippen LogP contribution in [0.5, 0.6) is 5.88 Å². The summed E-state index contributed by atoms with van der Waals surface area (Å²) in [6.07, 6.45) is 0.630. The van der Waals surface area contributed by atoms with Crippen LogP contribution in [-0.4, -0.2) is 31.2 Å². The number of nitrogens with zero attached hydrogens (tertiary/aromatic N) is 1. The van der Waals surface area contributed by atoms with E-state index in [1.165, 1.54) is 14.2 Å². The van der Waals surface area contributed by atoms with Crippen molar-refractivity contribution in [2.75, 3.05) is 25.3 Å². The summed E-state index contributed by atoms with van der Waals surface area (Å²) in [4.78, 5) is 15.9. The van der Waals surface area contributed by atoms with Gasteiger partial charge in [0.2, 0.25) is 5.88 Å². The summed E-state index contributed by atoms with van der Waals surface area (Å²) in [5, 5.41) is 3.01. The van der Waals surface area contributed by atoms with E-state index in [1.54, 1.807) is 12.1 Å². The Labute approximate surface area is 113 Å². The molecule has 6 heteroatoms. The average Bonchev–Trinajstić information content (AvgIpc) is 2.38. The maximum absolute atomic E-state index is 11.7. The number of nitrogen functional groups attached to an aromatic ring is 1. The minimum atomic E-state index is -0.480. The molecule has 1 heterocycles. The minimum absolute atomic E-state index is 0.335. The van der Waals surface area contributed by atoms with Gasteiger partial charge in [-0.3, -0.25) is 0 Å². The van der Waals surface area contributed by atoms with Crippen molar-refractivity contribution in [3.8, 4) is 5.88 Å². The minimum Gasteiger partial charge on any atom is -0.481 e. The molecule has 0 spiro atoms. The van der Waals surface area contributed by atoms with Gasteiger partial charge in [-0.2, -0.15) is 4.98 Å². The Morgan fingerprint density at radius 3 is 2.63 bits per heavy atom. The molecule has 0 saturated carbocycles. The number of carbonyl (C=O) groups excluding carboxylic acids is 1. The topological polar surface area (TPSA) is 86.5 Å². The molecule has 0 fully saturated rings. The number of nitrogens with two attached hydrogens (primary N) is 1. The van der Waals surface area contributed by atoms with Gasteiger partial charge in [0.1, 0.15) is 6.04 Å². The van der Waals surface area contributed by atoms with Gasteiger partial charge in [0.25, 0.3) is 0 Å². The van der Waals surface area contributed by atoms with Crippen LogP contribution in [0.1, 0.15) is 20.3 Å². The molecule has 0 radical (unpaired) electrons. The molecule has 0 aliphatic heterocycles. The molecule has 0 amide bonds. The van der Waals surface area contributed by atoms with Gasteiger partial charge in [0.15, 0.2) is 5.82 Å². The number of hydrogen-bond donors (Lipinski definition) is 2. The molecule has 19 heavy (non-hydrogen) atoms. The van der Waals surface area contributed by atoms with Crippen LogP contribution in [0.3, 0.4) is 0 Å². The van der Waals surface area contributed by atoms with Gasteiger partial charge in [0, 0.05) is 6.07 Å². The van der Waals surface area contributed by atoms with Gasteiger partial charge >= 0.3 is 5.97 Å². The van der Waals surface area contributed by atoms with Crippen molar-refractivity contribution in [1.29, 1.82) is 0 Å². The molecule has 1 atom stereocenters. The fourth-order valence-electron chi connectivity index (χ4n) is 1.67. The highest BCUT2D eigenvalue weighted by Crippen LogP contribution is 2.22. The Kier molecular flexibility index (Phi) is 5.41. The summed E-state index contributed by atoms with van der Waals surface area (Å²) in [7, 11) is 2.88. The van der Waals surface area contributed by atoms with Gasteiger partial charge in [-0.25, -0.2) is 4.79 Å². The molecule has 3 N–H and O–H groups in total. The van der Waals surface area contributed by atoms with Crippen molar-refractivity contribution in [3.05, 3.63) is 12.1 Å². The summed E-state index contributed by atoms with van der Waals surface area (Å²) in [6, 6.07) is 2.86. The number of hydrogen-bond acceptors (Lipinski definition) is 6. The number of aromatic nitrogens is 1. The molecular weight excluding hydrogens is 246 g/mol. The monoisotopic (exact) mass is 267 g/mol. The normalized spacial score (nSPS) is 12.1. The second-order valence-corrected chi connectivity index (χ2v) is 4.64. The maximum atomic E-state index is 11.7. The van der Waals surface area contributed by atoms with Crippen LogP contribution in [0, 0.1) is 5.92 Å². The Morgan fingerprint density at radius 1 is 1.42 bits per heavy atom. The highest BCUT2D eigenvalue weighted by molar-refractivity contribution is 5.80. The molecule has 0 bridgehead atoms. The van der Waals surface area contributed by atoms with E-state index in [4.69, 9.17) is 15.2 Å². The number of esters is 1. The fraction of sp³-hybridized carbons (Fsp3) is 0.538. The van der Waals surface area contributed by atoms with Gasteiger partial charge in [-0.1, -0.05) is 13.8 Å². The molecular formula is C13H21N3O3. The van der Waals surface area contributed by atoms with E-state index in [2.05, 4.69) is 10.3 Å². The van der Waals surface area contributed by atoms with Crippen LogP contribution in [0.2, 0.25) is 0 Å². The zero-order valence-electron chi connectivity index (χ0n) is 11.8. The van der Waals surface area contributed by atoms with E-state index in [-0.39, 0.29) is 5.97 Å². The number of rotatable bonds is 6. The largest absolute Gasteiger partial charge is 0.481 e. The van der Waals surface area contributed by atoms with Crippen molar-refractivity contribution in [1.82, 2.24) is 4.98 Å². The van der Waals surface area contributed by atoms with Gasteiger partial charge in [-0.05, 0) is 18.4 Å². The fourth-order valence-corrected chi connectivity index (χ4v) is 1.67. The molecule has 1 aromatic heterocycles. The number of ether oxygens (including phenoxy) is 2. The van der Waals surface area contributed by atoms with Gasteiger partial charge in [0.05, 0.1) is 19.9 Å². The van der Waals surface area contributed by atoms with Crippen LogP contribution >= 0.6 is 0 Å². The van der Waals surface area contributed by atoms with Crippen LogP contribution < -0.4 is 15.8 Å². The molecule has 6 nitrogen and oxygen atoms in total. The van der Waals surface area contributed by atoms with Crippen LogP contribution in [0.4, 0.5) is 11.5 Å². The lowest BCUT2D eigenvalue weighted by Gasteiger charge is -2.19. The smallest absolute Gasteiger partial charge is 0.328 e. The first-order chi connectivity index (χ1) is 8.97. The van der Waals surface area contributed by atoms with Crippen molar-refractivity contribution >= 4 is 17.5 Å². The van der Waals surface area contributed by atoms with E-state index >= 15 is 0 Å². The summed E-state index contributed by atoms with van der Waals surface area (Å²) < 4.78 is 9.82. The number of pyridine rings is 1. The highest BCUT2D eigenvalue weighted by atomic mass is 16.5. The molecule has 0 aliphatic rings. The molecule has 0 saturated heterocycles. The number of methoxy groups -OCH3 is 2. The first kappa shape index (κ1) is 15.1. The Morgan fingerprint density at radius 2 is 2.11 bits per heavy atom. The average molecular weight is 267 g/mol. The lowest BCUT2D eigenvalue weighted by molar-refractivity contribution is -0.141. The molecule has 0 aromatic carbocycles. The van der Waals surface area contributed by atoms with E-state index in [1.807, 2.05) is 13.8 Å². The van der Waals surface area contributed by atoms with Crippen molar-refractivity contribution in [2.45, 2.75) is 26.3 Å². The second kappa shape index (κ2) is 6.82. The Hall–Kier alpha value is -1.98. The summed E-state index contributed by atoms with van der Waals surface area (Å²) >= 11 is 0. The zero-order valence-corrected chi connectivity index (χ0v) is 11.8. The van der Waals surface area contributed by atoms with Gasteiger partial charge in [-0.15, -0.1) is 0 Å². The first-order valence-electron chi connectivity index (χ1n) is 6.12. The lowest BCUT2D eigenvalue weighted by atomic mass is 10.0. The first-order valence-corrected chi connectivity index (χ1v) is 6.12. The van der Waals surface area contributed by atoms with E-state index in [9.17, 15) is 4.79 Å². The Balaban J connectivity index is 2.91. The third kappa shape index (κ3) is 4.31. The maximum Gasteiger partial charge on any atom is 0.328 e. The van der Waals surface area contributed by atoms with Crippen LogP contribution in [0.15, 0.2) is 12.1 Å². The van der Waals surface area contributed by atoms with Crippen molar-refractivity contribution in [3.63, 3.8) is 0 Å². The SMILES string of the molecule is COC(=O)C(CC(C)C)Nc1nc(OC)ccc1N. The van der Waals surface area contributed by atoms with Crippen LogP contribution in [-0.2, 0) is 9.53 Å². The quantitative estimate of drug-likeness (QED) is 0.762.